The van der Waals surface area contributed by atoms with Crippen molar-refractivity contribution in [2.24, 2.45) is 0 Å². The van der Waals surface area contributed by atoms with Crippen LogP contribution in [0.5, 0.6) is 11.5 Å². The molecule has 2 heteroatoms. The summed E-state index contributed by atoms with van der Waals surface area (Å²) in [6, 6.07) is 11.4. The number of aromatic hydroxyl groups is 2. The molecule has 0 heterocycles. The zero-order valence-corrected chi connectivity index (χ0v) is 11.6. The lowest BCUT2D eigenvalue weighted by molar-refractivity contribution is 0.466. The SMILES string of the molecule is Cc1cc(CC(C)c2ccc(O)cc2)cc(C)c1O. The minimum absolute atomic E-state index is 0.298. The Morgan fingerprint density at radius 2 is 1.47 bits per heavy atom. The van der Waals surface area contributed by atoms with E-state index in [0.717, 1.165) is 17.5 Å². The molecular weight excluding hydrogens is 236 g/mol. The maximum Gasteiger partial charge on any atom is 0.121 e. The maximum absolute atomic E-state index is 9.78. The van der Waals surface area contributed by atoms with Gasteiger partial charge in [-0.25, -0.2) is 0 Å². The van der Waals surface area contributed by atoms with E-state index in [9.17, 15) is 10.2 Å². The lowest BCUT2D eigenvalue weighted by atomic mass is 9.92. The third-order valence-electron chi connectivity index (χ3n) is 3.55. The van der Waals surface area contributed by atoms with Crippen LogP contribution in [0.1, 0.15) is 35.1 Å². The molecule has 0 aliphatic heterocycles. The standard InChI is InChI=1S/C17H20O2/c1-11(15-4-6-16(18)7-5-15)8-14-9-12(2)17(19)13(3)10-14/h4-7,9-11,18-19H,8H2,1-3H3. The van der Waals surface area contributed by atoms with Crippen molar-refractivity contribution in [1.29, 1.82) is 0 Å². The van der Waals surface area contributed by atoms with Crippen molar-refractivity contribution in [3.8, 4) is 11.5 Å². The van der Waals surface area contributed by atoms with Crippen molar-refractivity contribution < 1.29 is 10.2 Å². The number of phenols is 2. The van der Waals surface area contributed by atoms with Crippen molar-refractivity contribution in [2.75, 3.05) is 0 Å². The highest BCUT2D eigenvalue weighted by molar-refractivity contribution is 5.42. The number of rotatable bonds is 3. The minimum Gasteiger partial charge on any atom is -0.508 e. The highest BCUT2D eigenvalue weighted by atomic mass is 16.3. The molecule has 2 aromatic carbocycles. The molecule has 0 aromatic heterocycles. The zero-order valence-electron chi connectivity index (χ0n) is 11.6. The Hall–Kier alpha value is -1.96. The molecule has 0 aliphatic carbocycles. The molecule has 100 valence electrons. The Morgan fingerprint density at radius 3 is 2.00 bits per heavy atom. The fourth-order valence-electron chi connectivity index (χ4n) is 2.44. The Morgan fingerprint density at radius 1 is 0.947 bits per heavy atom. The monoisotopic (exact) mass is 256 g/mol. The molecule has 0 spiro atoms. The first-order valence-corrected chi connectivity index (χ1v) is 6.55. The predicted molar refractivity (Wildman–Crippen MR) is 77.8 cm³/mol. The quantitative estimate of drug-likeness (QED) is 0.869. The lowest BCUT2D eigenvalue weighted by Crippen LogP contribution is -1.99. The van der Waals surface area contributed by atoms with Crippen LogP contribution in [0.15, 0.2) is 36.4 Å². The molecule has 2 nitrogen and oxygen atoms in total. The molecule has 0 aliphatic rings. The molecule has 19 heavy (non-hydrogen) atoms. The highest BCUT2D eigenvalue weighted by Gasteiger charge is 2.09. The number of aryl methyl sites for hydroxylation is 2. The fourth-order valence-corrected chi connectivity index (χ4v) is 2.44. The van der Waals surface area contributed by atoms with E-state index in [-0.39, 0.29) is 0 Å². The number of hydrogen-bond acceptors (Lipinski definition) is 2. The smallest absolute Gasteiger partial charge is 0.121 e. The molecular formula is C17H20O2. The third-order valence-corrected chi connectivity index (χ3v) is 3.55. The van der Waals surface area contributed by atoms with Crippen LogP contribution in [0.2, 0.25) is 0 Å². The minimum atomic E-state index is 0.298. The van der Waals surface area contributed by atoms with Gasteiger partial charge in [0, 0.05) is 0 Å². The fraction of sp³-hybridized carbons (Fsp3) is 0.294. The first-order chi connectivity index (χ1) is 8.97. The summed E-state index contributed by atoms with van der Waals surface area (Å²) in [7, 11) is 0. The second-order valence-electron chi connectivity index (χ2n) is 5.27. The number of benzene rings is 2. The van der Waals surface area contributed by atoms with Gasteiger partial charge >= 0.3 is 0 Å². The highest BCUT2D eigenvalue weighted by Crippen LogP contribution is 2.27. The molecule has 2 aromatic rings. The molecule has 2 N–H and O–H groups in total. The van der Waals surface area contributed by atoms with Crippen molar-refractivity contribution >= 4 is 0 Å². The summed E-state index contributed by atoms with van der Waals surface area (Å²) in [5.41, 5.74) is 4.29. The Kier molecular flexibility index (Phi) is 3.79. The van der Waals surface area contributed by atoms with Crippen LogP contribution >= 0.6 is 0 Å². The van der Waals surface area contributed by atoms with Crippen molar-refractivity contribution in [3.05, 3.63) is 58.7 Å². The zero-order chi connectivity index (χ0) is 14.0. The molecule has 0 amide bonds. The van der Waals surface area contributed by atoms with E-state index >= 15 is 0 Å². The lowest BCUT2D eigenvalue weighted by Gasteiger charge is -2.14. The van der Waals surface area contributed by atoms with Crippen molar-refractivity contribution in [2.45, 2.75) is 33.1 Å². The molecule has 0 radical (unpaired) electrons. The van der Waals surface area contributed by atoms with Gasteiger partial charge in [0.05, 0.1) is 0 Å². The summed E-state index contributed by atoms with van der Waals surface area (Å²) in [5.74, 6) is 1.07. The van der Waals surface area contributed by atoms with Crippen LogP contribution in [0.4, 0.5) is 0 Å². The molecule has 0 saturated carbocycles. The maximum atomic E-state index is 9.78. The van der Waals surface area contributed by atoms with Gasteiger partial charge < -0.3 is 10.2 Å². The topological polar surface area (TPSA) is 40.5 Å². The third kappa shape index (κ3) is 3.08. The predicted octanol–water partition coefficient (Wildman–Crippen LogP) is 4.06. The van der Waals surface area contributed by atoms with E-state index < -0.39 is 0 Å². The molecule has 1 unspecified atom stereocenters. The Balaban J connectivity index is 2.19. The molecule has 2 rings (SSSR count). The first kappa shape index (κ1) is 13.5. The van der Waals surface area contributed by atoms with Crippen molar-refractivity contribution in [1.82, 2.24) is 0 Å². The average Bonchev–Trinajstić information content (AvgIpc) is 2.36. The summed E-state index contributed by atoms with van der Waals surface area (Å²) in [6.07, 6.45) is 0.923. The molecule has 1 atom stereocenters. The van der Waals surface area contributed by atoms with Gasteiger partial charge in [-0.15, -0.1) is 0 Å². The summed E-state index contributed by atoms with van der Waals surface area (Å²) in [6.45, 7) is 6.03. The second-order valence-corrected chi connectivity index (χ2v) is 5.27. The number of hydrogen-bond donors (Lipinski definition) is 2. The van der Waals surface area contributed by atoms with Crippen LogP contribution in [0.3, 0.4) is 0 Å². The van der Waals surface area contributed by atoms with E-state index in [1.165, 1.54) is 11.1 Å². The average molecular weight is 256 g/mol. The van der Waals surface area contributed by atoms with Gasteiger partial charge in [-0.3, -0.25) is 0 Å². The van der Waals surface area contributed by atoms with Gasteiger partial charge in [-0.2, -0.15) is 0 Å². The van der Waals surface area contributed by atoms with Crippen LogP contribution in [0.25, 0.3) is 0 Å². The number of phenolic OH excluding ortho intramolecular Hbond substituents is 2. The molecule has 0 bridgehead atoms. The van der Waals surface area contributed by atoms with Crippen LogP contribution < -0.4 is 0 Å². The van der Waals surface area contributed by atoms with Crippen LogP contribution in [0, 0.1) is 13.8 Å². The summed E-state index contributed by atoms with van der Waals surface area (Å²) < 4.78 is 0. The Bertz CT molecular complexity index is 547. The summed E-state index contributed by atoms with van der Waals surface area (Å²) in [4.78, 5) is 0. The van der Waals surface area contributed by atoms with E-state index in [0.29, 0.717) is 17.4 Å². The van der Waals surface area contributed by atoms with Gasteiger partial charge in [0.15, 0.2) is 0 Å². The summed E-state index contributed by atoms with van der Waals surface area (Å²) >= 11 is 0. The van der Waals surface area contributed by atoms with Gasteiger partial charge in [0.2, 0.25) is 0 Å². The van der Waals surface area contributed by atoms with E-state index in [2.05, 4.69) is 6.92 Å². The van der Waals surface area contributed by atoms with Gasteiger partial charge in [0.1, 0.15) is 11.5 Å². The van der Waals surface area contributed by atoms with Gasteiger partial charge in [-0.05, 0) is 60.6 Å². The van der Waals surface area contributed by atoms with Crippen LogP contribution in [-0.4, -0.2) is 10.2 Å². The van der Waals surface area contributed by atoms with E-state index in [1.807, 2.05) is 38.1 Å². The second kappa shape index (κ2) is 5.35. The van der Waals surface area contributed by atoms with Crippen molar-refractivity contribution in [3.63, 3.8) is 0 Å². The Labute approximate surface area is 114 Å². The largest absolute Gasteiger partial charge is 0.508 e. The van der Waals surface area contributed by atoms with E-state index in [4.69, 9.17) is 0 Å². The molecule has 0 saturated heterocycles. The normalized spacial score (nSPS) is 12.4. The van der Waals surface area contributed by atoms with Gasteiger partial charge in [-0.1, -0.05) is 31.2 Å². The van der Waals surface area contributed by atoms with Gasteiger partial charge in [0.25, 0.3) is 0 Å². The summed E-state index contributed by atoms with van der Waals surface area (Å²) in [5, 5.41) is 19.1. The van der Waals surface area contributed by atoms with E-state index in [1.54, 1.807) is 12.1 Å². The van der Waals surface area contributed by atoms with Crippen LogP contribution in [-0.2, 0) is 6.42 Å². The molecule has 0 fully saturated rings. The first-order valence-electron chi connectivity index (χ1n) is 6.55.